The van der Waals surface area contributed by atoms with Gasteiger partial charge in [-0.05, 0) is 12.0 Å². The van der Waals surface area contributed by atoms with Crippen LogP contribution in [0.1, 0.15) is 12.0 Å². The van der Waals surface area contributed by atoms with Gasteiger partial charge in [0.2, 0.25) is 0 Å². The van der Waals surface area contributed by atoms with Crippen LogP contribution < -0.4 is 10.5 Å². The minimum atomic E-state index is -0.276. The molecule has 0 spiro atoms. The monoisotopic (exact) mass is 321 g/mol. The summed E-state index contributed by atoms with van der Waals surface area (Å²) in [4.78, 5) is 14.3. The third-order valence-electron chi connectivity index (χ3n) is 3.39. The molecule has 0 aliphatic rings. The molecule has 1 heterocycles. The Kier molecular flexibility index (Phi) is 5.98. The topological polar surface area (TPSA) is 47.4 Å². The maximum Gasteiger partial charge on any atom is 0.287 e. The normalized spacial score (nSPS) is 10.7. The highest BCUT2D eigenvalue weighted by Gasteiger charge is 2.13. The van der Waals surface area contributed by atoms with E-state index >= 15 is 0 Å². The fourth-order valence-corrected chi connectivity index (χ4v) is 2.45. The molecule has 0 radical (unpaired) electrons. The van der Waals surface area contributed by atoms with Crippen molar-refractivity contribution in [1.82, 2.24) is 9.78 Å². The molecule has 0 fully saturated rings. The molecule has 118 valence electrons. The summed E-state index contributed by atoms with van der Waals surface area (Å²) in [5.41, 5.74) is 1.38. The summed E-state index contributed by atoms with van der Waals surface area (Å²) in [5.74, 6) is 0. The van der Waals surface area contributed by atoms with Crippen LogP contribution in [0.3, 0.4) is 0 Å². The van der Waals surface area contributed by atoms with Gasteiger partial charge in [0.25, 0.3) is 5.56 Å². The van der Waals surface area contributed by atoms with E-state index in [1.807, 2.05) is 42.3 Å². The second-order valence-corrected chi connectivity index (χ2v) is 5.44. The van der Waals surface area contributed by atoms with Gasteiger partial charge in [0, 0.05) is 27.3 Å². The molecular weight excluding hydrogens is 302 g/mol. The molecule has 0 N–H and O–H groups in total. The molecule has 6 heteroatoms. The first-order chi connectivity index (χ1) is 10.6. The Morgan fingerprint density at radius 1 is 1.32 bits per heavy atom. The number of nitrogens with zero attached hydrogens (tertiary/aromatic N) is 3. The van der Waals surface area contributed by atoms with Crippen molar-refractivity contribution in [3.8, 4) is 0 Å². The second kappa shape index (κ2) is 7.96. The van der Waals surface area contributed by atoms with E-state index in [1.54, 1.807) is 13.3 Å². The van der Waals surface area contributed by atoms with Crippen LogP contribution in [-0.2, 0) is 11.3 Å². The smallest absolute Gasteiger partial charge is 0.287 e. The lowest BCUT2D eigenvalue weighted by Gasteiger charge is -2.20. The van der Waals surface area contributed by atoms with Crippen molar-refractivity contribution < 1.29 is 4.74 Å². The van der Waals surface area contributed by atoms with E-state index in [-0.39, 0.29) is 10.6 Å². The van der Waals surface area contributed by atoms with Crippen molar-refractivity contribution in [2.24, 2.45) is 0 Å². The fourth-order valence-electron chi connectivity index (χ4n) is 2.16. The van der Waals surface area contributed by atoms with Crippen molar-refractivity contribution >= 4 is 17.3 Å². The summed E-state index contributed by atoms with van der Waals surface area (Å²) in [6, 6.07) is 9.70. The SMILES string of the molecule is COCCCN(C)c1cnn(Cc2ccccc2)c(=O)c1Cl. The largest absolute Gasteiger partial charge is 0.385 e. The predicted octanol–water partition coefficient (Wildman–Crippen LogP) is 2.42. The van der Waals surface area contributed by atoms with Crippen molar-refractivity contribution in [2.75, 3.05) is 32.2 Å². The number of hydrogen-bond acceptors (Lipinski definition) is 4. The maximum atomic E-state index is 12.3. The number of methoxy groups -OCH3 is 1. The van der Waals surface area contributed by atoms with Crippen molar-refractivity contribution in [3.05, 3.63) is 57.5 Å². The van der Waals surface area contributed by atoms with E-state index in [1.165, 1.54) is 4.68 Å². The van der Waals surface area contributed by atoms with E-state index in [2.05, 4.69) is 5.10 Å². The van der Waals surface area contributed by atoms with E-state index < -0.39 is 0 Å². The van der Waals surface area contributed by atoms with Gasteiger partial charge in [-0.3, -0.25) is 4.79 Å². The first-order valence-corrected chi connectivity index (χ1v) is 7.51. The highest BCUT2D eigenvalue weighted by Crippen LogP contribution is 2.19. The van der Waals surface area contributed by atoms with Crippen molar-refractivity contribution in [2.45, 2.75) is 13.0 Å². The van der Waals surface area contributed by atoms with Gasteiger partial charge in [0.1, 0.15) is 5.02 Å². The molecule has 0 atom stereocenters. The molecule has 1 aromatic heterocycles. The fraction of sp³-hybridized carbons (Fsp3) is 0.375. The van der Waals surface area contributed by atoms with Crippen LogP contribution in [0.15, 0.2) is 41.3 Å². The first-order valence-electron chi connectivity index (χ1n) is 7.13. The van der Waals surface area contributed by atoms with Gasteiger partial charge in [-0.1, -0.05) is 41.9 Å². The predicted molar refractivity (Wildman–Crippen MR) is 88.8 cm³/mol. The van der Waals surface area contributed by atoms with Crippen LogP contribution in [0.5, 0.6) is 0 Å². The molecule has 0 bridgehead atoms. The van der Waals surface area contributed by atoms with Crippen LogP contribution in [0.4, 0.5) is 5.69 Å². The summed E-state index contributed by atoms with van der Waals surface area (Å²) in [6.45, 7) is 1.82. The molecule has 0 saturated heterocycles. The first kappa shape index (κ1) is 16.5. The summed E-state index contributed by atoms with van der Waals surface area (Å²) >= 11 is 6.23. The summed E-state index contributed by atoms with van der Waals surface area (Å²) in [5, 5.41) is 4.43. The number of rotatable bonds is 7. The highest BCUT2D eigenvalue weighted by atomic mass is 35.5. The molecule has 2 aromatic rings. The minimum Gasteiger partial charge on any atom is -0.385 e. The van der Waals surface area contributed by atoms with Gasteiger partial charge in [0.15, 0.2) is 0 Å². The summed E-state index contributed by atoms with van der Waals surface area (Å²) in [6.07, 6.45) is 2.50. The molecule has 2 rings (SSSR count). The zero-order chi connectivity index (χ0) is 15.9. The van der Waals surface area contributed by atoms with Gasteiger partial charge in [0.05, 0.1) is 18.4 Å². The molecule has 0 saturated carbocycles. The number of hydrogen-bond donors (Lipinski definition) is 0. The van der Waals surface area contributed by atoms with Crippen LogP contribution in [0, 0.1) is 0 Å². The Balaban J connectivity index is 2.16. The molecule has 0 aliphatic carbocycles. The molecular formula is C16H20ClN3O2. The average molecular weight is 322 g/mol. The molecule has 0 amide bonds. The summed E-state index contributed by atoms with van der Waals surface area (Å²) < 4.78 is 6.41. The van der Waals surface area contributed by atoms with Crippen molar-refractivity contribution in [1.29, 1.82) is 0 Å². The molecule has 1 aromatic carbocycles. The molecule has 22 heavy (non-hydrogen) atoms. The van der Waals surface area contributed by atoms with Crippen LogP contribution in [0.2, 0.25) is 5.02 Å². The average Bonchev–Trinajstić information content (AvgIpc) is 2.53. The third-order valence-corrected chi connectivity index (χ3v) is 3.75. The lowest BCUT2D eigenvalue weighted by Crippen LogP contribution is -2.28. The number of benzene rings is 1. The van der Waals surface area contributed by atoms with Gasteiger partial charge in [-0.15, -0.1) is 0 Å². The lowest BCUT2D eigenvalue weighted by atomic mass is 10.2. The summed E-state index contributed by atoms with van der Waals surface area (Å²) in [7, 11) is 3.55. The maximum absolute atomic E-state index is 12.3. The Morgan fingerprint density at radius 2 is 2.05 bits per heavy atom. The lowest BCUT2D eigenvalue weighted by molar-refractivity contribution is 0.196. The zero-order valence-electron chi connectivity index (χ0n) is 12.8. The minimum absolute atomic E-state index is 0.200. The van der Waals surface area contributed by atoms with Gasteiger partial charge in [-0.2, -0.15) is 5.10 Å². The Bertz CT molecular complexity index is 658. The van der Waals surface area contributed by atoms with Crippen LogP contribution in [0.25, 0.3) is 0 Å². The quantitative estimate of drug-likeness (QED) is 0.735. The third kappa shape index (κ3) is 4.08. The van der Waals surface area contributed by atoms with E-state index in [4.69, 9.17) is 16.3 Å². The van der Waals surface area contributed by atoms with E-state index in [0.29, 0.717) is 18.8 Å². The van der Waals surface area contributed by atoms with Crippen LogP contribution >= 0.6 is 11.6 Å². The van der Waals surface area contributed by atoms with Crippen LogP contribution in [-0.4, -0.2) is 37.1 Å². The van der Waals surface area contributed by atoms with Gasteiger partial charge < -0.3 is 9.64 Å². The molecule has 5 nitrogen and oxygen atoms in total. The van der Waals surface area contributed by atoms with Crippen molar-refractivity contribution in [3.63, 3.8) is 0 Å². The van der Waals surface area contributed by atoms with E-state index in [0.717, 1.165) is 18.5 Å². The molecule has 0 aliphatic heterocycles. The Morgan fingerprint density at radius 3 is 2.73 bits per heavy atom. The molecule has 0 unspecified atom stereocenters. The van der Waals surface area contributed by atoms with E-state index in [9.17, 15) is 4.79 Å². The van der Waals surface area contributed by atoms with Gasteiger partial charge >= 0.3 is 0 Å². The number of aromatic nitrogens is 2. The van der Waals surface area contributed by atoms with Gasteiger partial charge in [-0.25, -0.2) is 4.68 Å². The number of halogens is 1. The number of anilines is 1. The Labute approximate surface area is 135 Å². The number of ether oxygens (including phenoxy) is 1. The standard InChI is InChI=1S/C16H20ClN3O2/c1-19(9-6-10-22-2)14-11-18-20(16(21)15(14)17)12-13-7-4-3-5-8-13/h3-5,7-8,11H,6,9-10,12H2,1-2H3. The Hall–Kier alpha value is -1.85. The second-order valence-electron chi connectivity index (χ2n) is 5.06. The highest BCUT2D eigenvalue weighted by molar-refractivity contribution is 6.33. The zero-order valence-corrected chi connectivity index (χ0v) is 13.6.